The van der Waals surface area contributed by atoms with Crippen molar-refractivity contribution in [2.24, 2.45) is 0 Å². The van der Waals surface area contributed by atoms with Crippen LogP contribution in [-0.2, 0) is 10.0 Å². The lowest BCUT2D eigenvalue weighted by atomic mass is 10.2. The fraction of sp³-hybridized carbons (Fsp3) is 0.182. The van der Waals surface area contributed by atoms with Gasteiger partial charge in [-0.1, -0.05) is 29.3 Å². The minimum Gasteiger partial charge on any atom is -0.281 e. The molecule has 0 saturated carbocycles. The standard InChI is InChI=1S/C11H11Cl2N3O2S/c1-6-3-4-8(12)11(10(6)13)16-19(17,18)9-5-14-15-7(9)2/h3-5,16H,1-2H3,(H,14,15). The van der Waals surface area contributed by atoms with Gasteiger partial charge in [0, 0.05) is 0 Å². The van der Waals surface area contributed by atoms with Crippen molar-refractivity contribution in [3.8, 4) is 0 Å². The summed E-state index contributed by atoms with van der Waals surface area (Å²) in [6.07, 6.45) is 1.23. The molecule has 1 aromatic heterocycles. The van der Waals surface area contributed by atoms with E-state index in [9.17, 15) is 8.42 Å². The summed E-state index contributed by atoms with van der Waals surface area (Å²) < 4.78 is 26.8. The molecular weight excluding hydrogens is 309 g/mol. The van der Waals surface area contributed by atoms with Gasteiger partial charge in [0.05, 0.1) is 27.6 Å². The number of hydrogen-bond donors (Lipinski definition) is 2. The lowest BCUT2D eigenvalue weighted by Crippen LogP contribution is -2.14. The lowest BCUT2D eigenvalue weighted by Gasteiger charge is -2.12. The van der Waals surface area contributed by atoms with Crippen LogP contribution in [0.5, 0.6) is 0 Å². The Hall–Kier alpha value is -1.24. The highest BCUT2D eigenvalue weighted by Crippen LogP contribution is 2.34. The van der Waals surface area contributed by atoms with E-state index >= 15 is 0 Å². The molecule has 0 radical (unpaired) electrons. The topological polar surface area (TPSA) is 74.8 Å². The number of sulfonamides is 1. The van der Waals surface area contributed by atoms with E-state index in [1.54, 1.807) is 26.0 Å². The summed E-state index contributed by atoms with van der Waals surface area (Å²) in [5, 5.41) is 6.76. The van der Waals surface area contributed by atoms with Crippen molar-refractivity contribution in [2.45, 2.75) is 18.7 Å². The van der Waals surface area contributed by atoms with Gasteiger partial charge in [-0.3, -0.25) is 9.82 Å². The lowest BCUT2D eigenvalue weighted by molar-refractivity contribution is 0.600. The molecule has 102 valence electrons. The van der Waals surface area contributed by atoms with Gasteiger partial charge < -0.3 is 0 Å². The zero-order valence-corrected chi connectivity index (χ0v) is 12.5. The fourth-order valence-electron chi connectivity index (χ4n) is 1.55. The first-order valence-electron chi connectivity index (χ1n) is 5.30. The van der Waals surface area contributed by atoms with Gasteiger partial charge >= 0.3 is 0 Å². The molecular formula is C11H11Cl2N3O2S. The molecule has 19 heavy (non-hydrogen) atoms. The number of benzene rings is 1. The zero-order valence-electron chi connectivity index (χ0n) is 10.2. The van der Waals surface area contributed by atoms with Gasteiger partial charge in [0.15, 0.2) is 0 Å². The summed E-state index contributed by atoms with van der Waals surface area (Å²) in [5.74, 6) is 0. The van der Waals surface area contributed by atoms with E-state index in [1.807, 2.05) is 0 Å². The molecule has 0 unspecified atom stereocenters. The molecule has 8 heteroatoms. The predicted molar refractivity (Wildman–Crippen MR) is 75.3 cm³/mol. The number of hydrogen-bond acceptors (Lipinski definition) is 3. The van der Waals surface area contributed by atoms with E-state index < -0.39 is 10.0 Å². The average molecular weight is 320 g/mol. The second-order valence-corrected chi connectivity index (χ2v) is 6.45. The Morgan fingerprint density at radius 3 is 2.53 bits per heavy atom. The van der Waals surface area contributed by atoms with E-state index in [0.29, 0.717) is 5.69 Å². The maximum atomic E-state index is 12.2. The molecule has 2 N–H and O–H groups in total. The molecule has 1 aromatic carbocycles. The van der Waals surface area contributed by atoms with Gasteiger partial charge in [-0.25, -0.2) is 8.42 Å². The van der Waals surface area contributed by atoms with Crippen LogP contribution in [0.2, 0.25) is 10.0 Å². The monoisotopic (exact) mass is 319 g/mol. The number of H-pyrrole nitrogens is 1. The molecule has 0 saturated heterocycles. The summed E-state index contributed by atoms with van der Waals surface area (Å²) in [7, 11) is -3.78. The van der Waals surface area contributed by atoms with Crippen molar-refractivity contribution < 1.29 is 8.42 Å². The second-order valence-electron chi connectivity index (χ2n) is 4.02. The molecule has 0 aliphatic carbocycles. The molecule has 0 fully saturated rings. The van der Waals surface area contributed by atoms with Crippen LogP contribution < -0.4 is 4.72 Å². The molecule has 5 nitrogen and oxygen atoms in total. The summed E-state index contributed by atoms with van der Waals surface area (Å²) in [6.45, 7) is 3.38. The fourth-order valence-corrected chi connectivity index (χ4v) is 3.36. The number of aromatic nitrogens is 2. The van der Waals surface area contributed by atoms with Crippen molar-refractivity contribution in [1.82, 2.24) is 10.2 Å². The van der Waals surface area contributed by atoms with Gasteiger partial charge in [0.1, 0.15) is 4.90 Å². The van der Waals surface area contributed by atoms with Crippen LogP contribution in [0, 0.1) is 13.8 Å². The third kappa shape index (κ3) is 2.70. The summed E-state index contributed by atoms with van der Waals surface area (Å²) in [4.78, 5) is 0.0566. The van der Waals surface area contributed by atoms with Crippen molar-refractivity contribution >= 4 is 38.9 Å². The zero-order chi connectivity index (χ0) is 14.2. The number of rotatable bonds is 3. The Labute approximate surface area is 121 Å². The smallest absolute Gasteiger partial charge is 0.265 e. The van der Waals surface area contributed by atoms with Gasteiger partial charge in [0.2, 0.25) is 0 Å². The third-order valence-corrected chi connectivity index (χ3v) is 4.86. The second kappa shape index (κ2) is 5.03. The maximum Gasteiger partial charge on any atom is 0.265 e. The van der Waals surface area contributed by atoms with E-state index in [-0.39, 0.29) is 20.6 Å². The molecule has 0 aliphatic heterocycles. The van der Waals surface area contributed by atoms with E-state index in [4.69, 9.17) is 23.2 Å². The van der Waals surface area contributed by atoms with Crippen molar-refractivity contribution in [3.63, 3.8) is 0 Å². The highest BCUT2D eigenvalue weighted by molar-refractivity contribution is 7.92. The molecule has 1 heterocycles. The molecule has 0 atom stereocenters. The molecule has 0 bridgehead atoms. The largest absolute Gasteiger partial charge is 0.281 e. The Kier molecular flexibility index (Phi) is 3.75. The minimum absolute atomic E-state index is 0.0566. The Morgan fingerprint density at radius 1 is 1.26 bits per heavy atom. The van der Waals surface area contributed by atoms with Gasteiger partial charge in [-0.05, 0) is 25.5 Å². The molecule has 2 aromatic rings. The highest BCUT2D eigenvalue weighted by Gasteiger charge is 2.21. The van der Waals surface area contributed by atoms with E-state index in [1.165, 1.54) is 6.20 Å². The number of aromatic amines is 1. The van der Waals surface area contributed by atoms with Crippen molar-refractivity contribution in [2.75, 3.05) is 4.72 Å². The number of aryl methyl sites for hydroxylation is 2. The van der Waals surface area contributed by atoms with Crippen LogP contribution in [0.1, 0.15) is 11.3 Å². The average Bonchev–Trinajstić information content (AvgIpc) is 2.77. The van der Waals surface area contributed by atoms with E-state index in [0.717, 1.165) is 5.56 Å². The quantitative estimate of drug-likeness (QED) is 0.912. The molecule has 0 amide bonds. The van der Waals surface area contributed by atoms with Crippen LogP contribution in [-0.4, -0.2) is 18.6 Å². The van der Waals surface area contributed by atoms with Gasteiger partial charge in [-0.15, -0.1) is 0 Å². The number of nitrogens with zero attached hydrogens (tertiary/aromatic N) is 1. The third-order valence-electron chi connectivity index (χ3n) is 2.59. The predicted octanol–water partition coefficient (Wildman–Crippen LogP) is 3.13. The van der Waals surface area contributed by atoms with Crippen LogP contribution >= 0.6 is 23.2 Å². The number of anilines is 1. The maximum absolute atomic E-state index is 12.2. The summed E-state index contributed by atoms with van der Waals surface area (Å²) in [6, 6.07) is 3.30. The summed E-state index contributed by atoms with van der Waals surface area (Å²) >= 11 is 12.0. The first-order chi connectivity index (χ1) is 8.83. The number of nitrogens with one attached hydrogen (secondary N) is 2. The Morgan fingerprint density at radius 2 is 1.95 bits per heavy atom. The van der Waals surface area contributed by atoms with E-state index in [2.05, 4.69) is 14.9 Å². The van der Waals surface area contributed by atoms with Crippen molar-refractivity contribution in [1.29, 1.82) is 0 Å². The highest BCUT2D eigenvalue weighted by atomic mass is 35.5. The number of halogens is 2. The van der Waals surface area contributed by atoms with Crippen LogP contribution in [0.15, 0.2) is 23.2 Å². The van der Waals surface area contributed by atoms with Crippen molar-refractivity contribution in [3.05, 3.63) is 39.6 Å². The van der Waals surface area contributed by atoms with Crippen LogP contribution in [0.25, 0.3) is 0 Å². The Balaban J connectivity index is 2.48. The van der Waals surface area contributed by atoms with Gasteiger partial charge in [0.25, 0.3) is 10.0 Å². The molecule has 2 rings (SSSR count). The minimum atomic E-state index is -3.78. The first kappa shape index (κ1) is 14.2. The van der Waals surface area contributed by atoms with Gasteiger partial charge in [-0.2, -0.15) is 5.10 Å². The molecule has 0 spiro atoms. The normalized spacial score (nSPS) is 11.6. The van der Waals surface area contributed by atoms with Crippen LogP contribution in [0.4, 0.5) is 5.69 Å². The van der Waals surface area contributed by atoms with Crippen LogP contribution in [0.3, 0.4) is 0 Å². The molecule has 0 aliphatic rings. The Bertz CT molecular complexity index is 726. The SMILES string of the molecule is Cc1ccc(Cl)c(NS(=O)(=O)c2cn[nH]c2C)c1Cl. The first-order valence-corrected chi connectivity index (χ1v) is 7.54. The summed E-state index contributed by atoms with van der Waals surface area (Å²) in [5.41, 5.74) is 1.34.